The van der Waals surface area contributed by atoms with E-state index in [4.69, 9.17) is 56.4 Å². The molecule has 2 aliphatic carbocycles. The molecule has 0 spiro atoms. The molecule has 538 valence electrons. The van der Waals surface area contributed by atoms with Gasteiger partial charge in [-0.2, -0.15) is 20.2 Å². The molecule has 2 atom stereocenters. The Bertz CT molecular complexity index is 4620. The Balaban J connectivity index is 0.000000183. The summed E-state index contributed by atoms with van der Waals surface area (Å²) >= 11 is 14.0. The number of likely N-dealkylation sites (N-methyl/N-ethyl adjacent to an activating group) is 2. The van der Waals surface area contributed by atoms with Gasteiger partial charge in [-0.25, -0.2) is 27.4 Å². The number of carbonyl (C=O) groups is 2. The number of methoxy groups -OCH3 is 1. The summed E-state index contributed by atoms with van der Waals surface area (Å²) < 4.78 is 74.0. The zero-order valence-electron chi connectivity index (χ0n) is 58.4. The lowest BCUT2D eigenvalue weighted by Gasteiger charge is -2.32. The van der Waals surface area contributed by atoms with E-state index >= 15 is 0 Å². The molecule has 4 aliphatic rings. The van der Waals surface area contributed by atoms with Crippen LogP contribution in [0.4, 0.5) is 8.78 Å². The Hall–Kier alpha value is -9.42. The number of hydrogen-bond acceptors (Lipinski definition) is 17. The van der Waals surface area contributed by atoms with Gasteiger partial charge in [-0.15, -0.1) is 0 Å². The molecule has 2 aliphatic heterocycles. The maximum atomic E-state index is 14.1. The van der Waals surface area contributed by atoms with Crippen molar-refractivity contribution in [3.05, 3.63) is 190 Å². The number of rotatable bonds is 28. The van der Waals surface area contributed by atoms with Crippen molar-refractivity contribution in [2.24, 2.45) is 11.8 Å². The highest BCUT2D eigenvalue weighted by molar-refractivity contribution is 6.33. The molecule has 14 rings (SSSR count). The first-order valence-corrected chi connectivity index (χ1v) is 35.8. The van der Waals surface area contributed by atoms with Crippen LogP contribution in [0.2, 0.25) is 10.0 Å². The molecule has 20 nitrogen and oxygen atoms in total. The van der Waals surface area contributed by atoms with Crippen LogP contribution in [0, 0.1) is 37.3 Å². The average molecular weight is 1440 g/mol. The number of carboxylic acids is 1. The summed E-state index contributed by atoms with van der Waals surface area (Å²) in [4.78, 5) is 44.4. The van der Waals surface area contributed by atoms with Gasteiger partial charge in [0.15, 0.2) is 0 Å². The standard InChI is InChI=1S/C40H43ClFN5O5.C39H41ClFN5O5/c1-26-31(14-15-34(37(26)41)50-21-20-46-18-16-45(2)17-19-46)36-32(28-10-12-30(42)13-11-28)23-47-38(36)39(43-25-44-47)52-35(40(48)49-3)22-29-6-4-5-7-33(29)51-24-27-8-9-27;1-25-30(13-14-33(36(25)40)49-20-19-45-17-15-44(2)16-18-45)35-31(27-9-11-29(41)12-10-27)22-46-37(35)38(42-24-43-46)51-34(39(47)48)21-28-5-3-4-6-32(28)50-23-26-7-8-26/h4-7,10-15,23,25,27,35H,8-9,16-22,24H2,1-3H3;3-6,9-14,22,24,26,34H,7-8,15-21,23H2,1-2H3,(H,47,48)/t35-;34-/m10/s1. The number of hydrogen-bond donors (Lipinski definition) is 1. The van der Waals surface area contributed by atoms with E-state index in [1.807, 2.05) is 92.8 Å². The van der Waals surface area contributed by atoms with Crippen molar-refractivity contribution < 1.29 is 56.6 Å². The lowest BCUT2D eigenvalue weighted by Crippen LogP contribution is -2.45. The average Bonchev–Trinajstić information content (AvgIpc) is 1.60. The van der Waals surface area contributed by atoms with Crippen LogP contribution in [0.3, 0.4) is 0 Å². The smallest absolute Gasteiger partial charge is 0.347 e. The van der Waals surface area contributed by atoms with Crippen molar-refractivity contribution in [1.29, 1.82) is 0 Å². The largest absolute Gasteiger partial charge is 0.493 e. The van der Waals surface area contributed by atoms with Crippen molar-refractivity contribution >= 4 is 46.2 Å². The van der Waals surface area contributed by atoms with E-state index in [0.29, 0.717) is 99.0 Å². The number of piperazine rings is 2. The minimum Gasteiger partial charge on any atom is -0.493 e. The lowest BCUT2D eigenvalue weighted by atomic mass is 9.94. The van der Waals surface area contributed by atoms with E-state index < -0.39 is 24.1 Å². The van der Waals surface area contributed by atoms with Gasteiger partial charge in [0.25, 0.3) is 0 Å². The zero-order chi connectivity index (χ0) is 71.7. The monoisotopic (exact) mass is 1440 g/mol. The van der Waals surface area contributed by atoms with E-state index in [9.17, 15) is 23.5 Å². The van der Waals surface area contributed by atoms with Crippen LogP contribution in [0.25, 0.3) is 55.5 Å². The number of para-hydroxylation sites is 2. The third-order valence-electron chi connectivity index (χ3n) is 19.5. The number of nitrogens with zero attached hydrogens (tertiary/aromatic N) is 10. The number of benzene rings is 6. The van der Waals surface area contributed by atoms with Crippen molar-refractivity contribution in [2.75, 3.05) is 113 Å². The Morgan fingerprint density at radius 2 is 0.932 bits per heavy atom. The first kappa shape index (κ1) is 72.0. The minimum atomic E-state index is -1.29. The van der Waals surface area contributed by atoms with Crippen LogP contribution in [-0.4, -0.2) is 191 Å². The SMILES string of the molecule is COC(=O)[C@@H](Cc1ccccc1OCC1CC1)Oc1ncnn2cc(-c3ccc(F)cc3)c(-c3ccc(OCCN4CCN(C)CC4)c(Cl)c3C)c12.Cc1c(-c2c(-c3ccc(F)cc3)cn3ncnc(O[C@@H](Cc4ccccc4OCC4CC4)C(=O)O)c23)ccc(OCCN2CCN(C)CC2)c1Cl. The molecule has 0 bridgehead atoms. The van der Waals surface area contributed by atoms with Crippen molar-refractivity contribution in [2.45, 2.75) is 64.6 Å². The molecule has 2 saturated heterocycles. The van der Waals surface area contributed by atoms with Crippen LogP contribution >= 0.6 is 23.2 Å². The van der Waals surface area contributed by atoms with Crippen molar-refractivity contribution in [3.63, 3.8) is 0 Å². The summed E-state index contributed by atoms with van der Waals surface area (Å²) in [6.45, 7) is 15.8. The highest BCUT2D eigenvalue weighted by Gasteiger charge is 2.32. The van der Waals surface area contributed by atoms with Crippen LogP contribution in [0.1, 0.15) is 47.9 Å². The summed E-state index contributed by atoms with van der Waals surface area (Å²) in [5, 5.41) is 20.3. The molecule has 10 aromatic rings. The Morgan fingerprint density at radius 3 is 1.34 bits per heavy atom. The molecule has 4 fully saturated rings. The van der Waals surface area contributed by atoms with Gasteiger partial charge in [0.05, 0.1) is 30.4 Å². The number of aliphatic carboxylic acids is 1. The molecular weight excluding hydrogens is 1360 g/mol. The molecular formula is C79H84Cl2F2N10O10. The lowest BCUT2D eigenvalue weighted by molar-refractivity contribution is -0.149. The van der Waals surface area contributed by atoms with Gasteiger partial charge < -0.3 is 48.1 Å². The van der Waals surface area contributed by atoms with Gasteiger partial charge in [0, 0.05) is 113 Å². The molecule has 6 aromatic carbocycles. The molecule has 4 aromatic heterocycles. The first-order valence-electron chi connectivity index (χ1n) is 35.0. The number of carbonyl (C=O) groups excluding carboxylic acids is 1. The van der Waals surface area contributed by atoms with E-state index in [0.717, 1.165) is 141 Å². The first-order chi connectivity index (χ1) is 50.0. The van der Waals surface area contributed by atoms with E-state index in [2.05, 4.69) is 53.9 Å². The highest BCUT2D eigenvalue weighted by atomic mass is 35.5. The van der Waals surface area contributed by atoms with Gasteiger partial charge >= 0.3 is 11.9 Å². The maximum absolute atomic E-state index is 14.1. The fourth-order valence-electron chi connectivity index (χ4n) is 12.9. The third kappa shape index (κ3) is 17.5. The van der Waals surface area contributed by atoms with Gasteiger partial charge in [-0.3, -0.25) is 9.80 Å². The quantitative estimate of drug-likeness (QED) is 0.0455. The second kappa shape index (κ2) is 32.9. The summed E-state index contributed by atoms with van der Waals surface area (Å²) in [7, 11) is 5.60. The van der Waals surface area contributed by atoms with Crippen LogP contribution < -0.4 is 28.4 Å². The summed E-state index contributed by atoms with van der Waals surface area (Å²) in [5.74, 6) is 1.46. The molecule has 6 heterocycles. The predicted octanol–water partition coefficient (Wildman–Crippen LogP) is 13.4. The minimum absolute atomic E-state index is 0.0538. The highest BCUT2D eigenvalue weighted by Crippen LogP contribution is 2.47. The fourth-order valence-corrected chi connectivity index (χ4v) is 13.4. The van der Waals surface area contributed by atoms with Gasteiger partial charge in [0.2, 0.25) is 24.0 Å². The van der Waals surface area contributed by atoms with Crippen molar-refractivity contribution in [1.82, 2.24) is 48.8 Å². The number of ether oxygens (including phenoxy) is 7. The summed E-state index contributed by atoms with van der Waals surface area (Å²) in [5.41, 5.74) is 9.88. The normalized spacial score (nSPS) is 15.9. The topological polar surface area (TPSA) is 192 Å². The van der Waals surface area contributed by atoms with Gasteiger partial charge in [-0.05, 0) is 159 Å². The van der Waals surface area contributed by atoms with Crippen LogP contribution in [-0.2, 0) is 27.2 Å². The molecule has 24 heteroatoms. The zero-order valence-corrected chi connectivity index (χ0v) is 59.9. The van der Waals surface area contributed by atoms with Crippen LogP contribution in [0.5, 0.6) is 34.8 Å². The Labute approximate surface area is 607 Å². The second-order valence-corrected chi connectivity index (χ2v) is 27.6. The number of fused-ring (bicyclic) bond motifs is 2. The van der Waals surface area contributed by atoms with E-state index in [-0.39, 0.29) is 36.2 Å². The number of esters is 1. The maximum Gasteiger partial charge on any atom is 0.347 e. The molecule has 0 amide bonds. The van der Waals surface area contributed by atoms with Crippen LogP contribution in [0.15, 0.2) is 146 Å². The number of aromatic nitrogens is 6. The molecule has 0 unspecified atom stereocenters. The summed E-state index contributed by atoms with van der Waals surface area (Å²) in [6, 6.07) is 35.1. The predicted molar refractivity (Wildman–Crippen MR) is 391 cm³/mol. The van der Waals surface area contributed by atoms with E-state index in [1.165, 1.54) is 44.0 Å². The second-order valence-electron chi connectivity index (χ2n) is 26.9. The Morgan fingerprint density at radius 1 is 0.524 bits per heavy atom. The molecule has 103 heavy (non-hydrogen) atoms. The summed E-state index contributed by atoms with van der Waals surface area (Å²) in [6.07, 6.45) is 8.86. The van der Waals surface area contributed by atoms with Gasteiger partial charge in [0.1, 0.15) is 71.5 Å². The van der Waals surface area contributed by atoms with E-state index in [1.54, 1.807) is 39.5 Å². The number of carboxylic acid groups (broad SMARTS) is 1. The number of halogens is 4. The molecule has 1 N–H and O–H groups in total. The van der Waals surface area contributed by atoms with Crippen molar-refractivity contribution in [3.8, 4) is 79.3 Å². The third-order valence-corrected chi connectivity index (χ3v) is 20.4. The molecule has 0 radical (unpaired) electrons. The fraction of sp³-hybridized carbons (Fsp3) is 0.367. The van der Waals surface area contributed by atoms with Gasteiger partial charge in [-0.1, -0.05) is 96.0 Å². The molecule has 2 saturated carbocycles. The Kier molecular flexibility index (Phi) is 23.0.